The number of pyridine rings is 1. The molecular formula is C25H21N3O2. The SMILES string of the molecule is O=C(NC(Cc1ccccc1)C(=O)Nc1cccc2cccnc12)c1ccccc1. The molecular weight excluding hydrogens is 374 g/mol. The molecule has 0 aliphatic carbocycles. The molecule has 0 spiro atoms. The fourth-order valence-electron chi connectivity index (χ4n) is 3.32. The van der Waals surface area contributed by atoms with Crippen LogP contribution in [0.2, 0.25) is 0 Å². The molecule has 2 amide bonds. The molecule has 1 aromatic heterocycles. The normalized spacial score (nSPS) is 11.6. The van der Waals surface area contributed by atoms with Gasteiger partial charge in [0.1, 0.15) is 6.04 Å². The third kappa shape index (κ3) is 4.52. The van der Waals surface area contributed by atoms with Gasteiger partial charge in [0.05, 0.1) is 11.2 Å². The van der Waals surface area contributed by atoms with Crippen molar-refractivity contribution >= 4 is 28.4 Å². The third-order valence-corrected chi connectivity index (χ3v) is 4.83. The molecule has 0 aliphatic rings. The van der Waals surface area contributed by atoms with Gasteiger partial charge in [0.25, 0.3) is 5.91 Å². The predicted octanol–water partition coefficient (Wildman–Crippen LogP) is 4.21. The number of fused-ring (bicyclic) bond motifs is 1. The number of nitrogens with zero attached hydrogens (tertiary/aromatic N) is 1. The van der Waals surface area contributed by atoms with Crippen molar-refractivity contribution in [2.45, 2.75) is 12.5 Å². The van der Waals surface area contributed by atoms with Gasteiger partial charge in [0.15, 0.2) is 0 Å². The number of rotatable bonds is 6. The summed E-state index contributed by atoms with van der Waals surface area (Å²) >= 11 is 0. The summed E-state index contributed by atoms with van der Waals surface area (Å²) in [6, 6.07) is 27.2. The molecule has 4 aromatic rings. The first-order valence-electron chi connectivity index (χ1n) is 9.75. The van der Waals surface area contributed by atoms with Crippen molar-refractivity contribution < 1.29 is 9.59 Å². The van der Waals surface area contributed by atoms with Crippen molar-refractivity contribution in [2.24, 2.45) is 0 Å². The maximum atomic E-state index is 13.2. The van der Waals surface area contributed by atoms with Crippen LogP contribution < -0.4 is 10.6 Å². The van der Waals surface area contributed by atoms with Gasteiger partial charge >= 0.3 is 0 Å². The highest BCUT2D eigenvalue weighted by Crippen LogP contribution is 2.21. The number of benzene rings is 3. The van der Waals surface area contributed by atoms with E-state index in [4.69, 9.17) is 0 Å². The van der Waals surface area contributed by atoms with E-state index in [1.165, 1.54) is 0 Å². The molecule has 0 aliphatic heterocycles. The summed E-state index contributed by atoms with van der Waals surface area (Å²) in [6.45, 7) is 0. The zero-order valence-electron chi connectivity index (χ0n) is 16.3. The van der Waals surface area contributed by atoms with Gasteiger partial charge in [-0.1, -0.05) is 66.7 Å². The van der Waals surface area contributed by atoms with Crippen LogP contribution in [0.15, 0.2) is 97.2 Å². The summed E-state index contributed by atoms with van der Waals surface area (Å²) in [4.78, 5) is 30.3. The Morgan fingerprint density at radius 1 is 0.800 bits per heavy atom. The van der Waals surface area contributed by atoms with E-state index in [1.54, 1.807) is 30.5 Å². The molecule has 0 radical (unpaired) electrons. The van der Waals surface area contributed by atoms with Crippen molar-refractivity contribution in [1.29, 1.82) is 0 Å². The van der Waals surface area contributed by atoms with E-state index >= 15 is 0 Å². The topological polar surface area (TPSA) is 71.1 Å². The van der Waals surface area contributed by atoms with E-state index in [2.05, 4.69) is 15.6 Å². The minimum Gasteiger partial charge on any atom is -0.340 e. The predicted molar refractivity (Wildman–Crippen MR) is 118 cm³/mol. The lowest BCUT2D eigenvalue weighted by molar-refractivity contribution is -0.118. The Morgan fingerprint density at radius 2 is 1.50 bits per heavy atom. The standard InChI is InChI=1S/C25H21N3O2/c29-24(20-11-5-2-6-12-20)28-22(17-18-9-3-1-4-10-18)25(30)27-21-15-7-13-19-14-8-16-26-23(19)21/h1-16,22H,17H2,(H,27,30)(H,28,29). The Balaban J connectivity index is 1.59. The molecule has 148 valence electrons. The lowest BCUT2D eigenvalue weighted by atomic mass is 10.0. The smallest absolute Gasteiger partial charge is 0.251 e. The summed E-state index contributed by atoms with van der Waals surface area (Å²) in [5.41, 5.74) is 2.79. The maximum absolute atomic E-state index is 13.2. The number of hydrogen-bond acceptors (Lipinski definition) is 3. The highest BCUT2D eigenvalue weighted by Gasteiger charge is 2.22. The van der Waals surface area contributed by atoms with Crippen LogP contribution in [-0.4, -0.2) is 22.8 Å². The molecule has 30 heavy (non-hydrogen) atoms. The Hall–Kier alpha value is -3.99. The number of amides is 2. The quantitative estimate of drug-likeness (QED) is 0.514. The minimum absolute atomic E-state index is 0.289. The van der Waals surface area contributed by atoms with Crippen molar-refractivity contribution in [3.05, 3.63) is 108 Å². The second kappa shape index (κ2) is 9.01. The van der Waals surface area contributed by atoms with Gasteiger partial charge in [-0.3, -0.25) is 14.6 Å². The monoisotopic (exact) mass is 395 g/mol. The van der Waals surface area contributed by atoms with Gasteiger partial charge in [0, 0.05) is 23.6 Å². The molecule has 1 atom stereocenters. The molecule has 2 N–H and O–H groups in total. The van der Waals surface area contributed by atoms with E-state index in [1.807, 2.05) is 66.7 Å². The van der Waals surface area contributed by atoms with Gasteiger partial charge in [-0.05, 0) is 29.8 Å². The van der Waals surface area contributed by atoms with E-state index in [-0.39, 0.29) is 11.8 Å². The first kappa shape index (κ1) is 19.3. The van der Waals surface area contributed by atoms with E-state index in [9.17, 15) is 9.59 Å². The molecule has 0 fully saturated rings. The summed E-state index contributed by atoms with van der Waals surface area (Å²) in [6.07, 6.45) is 2.07. The van der Waals surface area contributed by atoms with E-state index in [0.717, 1.165) is 10.9 Å². The molecule has 5 heteroatoms. The van der Waals surface area contributed by atoms with Crippen LogP contribution in [-0.2, 0) is 11.2 Å². The van der Waals surface area contributed by atoms with Gasteiger partial charge in [-0.15, -0.1) is 0 Å². The second-order valence-corrected chi connectivity index (χ2v) is 6.95. The summed E-state index contributed by atoms with van der Waals surface area (Å²) < 4.78 is 0. The van der Waals surface area contributed by atoms with Gasteiger partial charge in [0.2, 0.25) is 5.91 Å². The van der Waals surface area contributed by atoms with Gasteiger partial charge in [-0.25, -0.2) is 0 Å². The highest BCUT2D eigenvalue weighted by atomic mass is 16.2. The third-order valence-electron chi connectivity index (χ3n) is 4.83. The fraction of sp³-hybridized carbons (Fsp3) is 0.0800. The zero-order chi connectivity index (χ0) is 20.8. The minimum atomic E-state index is -0.737. The van der Waals surface area contributed by atoms with Crippen molar-refractivity contribution in [3.63, 3.8) is 0 Å². The van der Waals surface area contributed by atoms with E-state index in [0.29, 0.717) is 23.2 Å². The fourth-order valence-corrected chi connectivity index (χ4v) is 3.32. The zero-order valence-corrected chi connectivity index (χ0v) is 16.3. The van der Waals surface area contributed by atoms with Crippen LogP contribution in [0.4, 0.5) is 5.69 Å². The molecule has 1 unspecified atom stereocenters. The molecule has 1 heterocycles. The van der Waals surface area contributed by atoms with Crippen LogP contribution in [0, 0.1) is 0 Å². The maximum Gasteiger partial charge on any atom is 0.251 e. The van der Waals surface area contributed by atoms with Crippen molar-refractivity contribution in [2.75, 3.05) is 5.32 Å². The number of aromatic nitrogens is 1. The average Bonchev–Trinajstić information content (AvgIpc) is 2.80. The number of hydrogen-bond donors (Lipinski definition) is 2. The lowest BCUT2D eigenvalue weighted by Crippen LogP contribution is -2.45. The first-order chi connectivity index (χ1) is 14.7. The van der Waals surface area contributed by atoms with Crippen molar-refractivity contribution in [1.82, 2.24) is 10.3 Å². The molecule has 0 saturated carbocycles. The van der Waals surface area contributed by atoms with Gasteiger partial charge in [-0.2, -0.15) is 0 Å². The van der Waals surface area contributed by atoms with Crippen LogP contribution in [0.25, 0.3) is 10.9 Å². The highest BCUT2D eigenvalue weighted by molar-refractivity contribution is 6.04. The summed E-state index contributed by atoms with van der Waals surface area (Å²) in [5, 5.41) is 6.76. The summed E-state index contributed by atoms with van der Waals surface area (Å²) in [7, 11) is 0. The number of anilines is 1. The van der Waals surface area contributed by atoms with Crippen LogP contribution in [0.5, 0.6) is 0 Å². The van der Waals surface area contributed by atoms with Crippen LogP contribution >= 0.6 is 0 Å². The second-order valence-electron chi connectivity index (χ2n) is 6.95. The number of carbonyl (C=O) groups excluding carboxylic acids is 2. The molecule has 4 rings (SSSR count). The molecule has 3 aromatic carbocycles. The largest absolute Gasteiger partial charge is 0.340 e. The van der Waals surface area contributed by atoms with Gasteiger partial charge < -0.3 is 10.6 Å². The Kier molecular flexibility index (Phi) is 5.80. The first-order valence-corrected chi connectivity index (χ1v) is 9.75. The lowest BCUT2D eigenvalue weighted by Gasteiger charge is -2.19. The number of para-hydroxylation sites is 1. The average molecular weight is 395 g/mol. The Labute approximate surface area is 174 Å². The Bertz CT molecular complexity index is 1160. The number of carbonyl (C=O) groups is 2. The van der Waals surface area contributed by atoms with Crippen LogP contribution in [0.1, 0.15) is 15.9 Å². The van der Waals surface area contributed by atoms with E-state index < -0.39 is 6.04 Å². The molecule has 5 nitrogen and oxygen atoms in total. The Morgan fingerprint density at radius 3 is 2.27 bits per heavy atom. The summed E-state index contributed by atoms with van der Waals surface area (Å²) in [5.74, 6) is -0.580. The molecule has 0 saturated heterocycles. The van der Waals surface area contributed by atoms with Crippen molar-refractivity contribution in [3.8, 4) is 0 Å². The van der Waals surface area contributed by atoms with Crippen LogP contribution in [0.3, 0.4) is 0 Å². The molecule has 0 bridgehead atoms. The number of nitrogens with one attached hydrogen (secondary N) is 2.